The van der Waals surface area contributed by atoms with Gasteiger partial charge in [-0.3, -0.25) is 24.5 Å². The molecule has 1 saturated carbocycles. The Labute approximate surface area is 282 Å². The fourth-order valence-electron chi connectivity index (χ4n) is 4.96. The van der Waals surface area contributed by atoms with Gasteiger partial charge in [0.2, 0.25) is 0 Å². The number of nitrogens with one attached hydrogen (secondary N) is 1. The van der Waals surface area contributed by atoms with Gasteiger partial charge in [-0.05, 0) is 56.4 Å². The molecule has 12 heteroatoms. The molecule has 45 heavy (non-hydrogen) atoms. The number of carbonyl (C=O) groups excluding carboxylic acids is 1. The zero-order valence-corrected chi connectivity index (χ0v) is 28.5. The molecule has 5 aromatic rings. The fourth-order valence-corrected chi connectivity index (χ4v) is 4.96. The summed E-state index contributed by atoms with van der Waals surface area (Å²) in [6.07, 6.45) is 20.4. The number of fused-ring (bicyclic) bond motifs is 3. The number of rotatable bonds is 2. The van der Waals surface area contributed by atoms with Crippen molar-refractivity contribution < 1.29 is 21.6 Å². The van der Waals surface area contributed by atoms with Crippen LogP contribution >= 0.6 is 37.2 Å². The number of pyridine rings is 4. The third kappa shape index (κ3) is 12.0. The van der Waals surface area contributed by atoms with Crippen LogP contribution in [0.5, 0.6) is 0 Å². The Morgan fingerprint density at radius 1 is 0.733 bits per heavy atom. The summed E-state index contributed by atoms with van der Waals surface area (Å²) < 4.78 is 6.10. The van der Waals surface area contributed by atoms with Gasteiger partial charge in [-0.1, -0.05) is 26.0 Å². The van der Waals surface area contributed by atoms with Gasteiger partial charge in [0, 0.05) is 73.5 Å². The minimum absolute atomic E-state index is 0. The van der Waals surface area contributed by atoms with Crippen LogP contribution in [0.15, 0.2) is 88.9 Å². The largest absolute Gasteiger partial charge is 0.460 e. The number of halogens is 4. The monoisotopic (exact) mass is 724 g/mol. The fraction of sp³-hybridized carbons (Fsp3) is 0.303. The molecule has 0 amide bonds. The minimum Gasteiger partial charge on any atom is -0.460 e. The van der Waals surface area contributed by atoms with Crippen LogP contribution in [0.3, 0.4) is 0 Å². The molecule has 0 aliphatic heterocycles. The molecule has 5 heterocycles. The summed E-state index contributed by atoms with van der Waals surface area (Å²) in [5.41, 5.74) is 5.50. The number of aromatic nitrogens is 4. The van der Waals surface area contributed by atoms with E-state index in [1.54, 1.807) is 24.8 Å². The predicted molar refractivity (Wildman–Crippen MR) is 182 cm³/mol. The molecule has 0 radical (unpaired) electrons. The molecule has 1 fully saturated rings. The topological polar surface area (TPSA) is 102 Å². The Hall–Kier alpha value is -2.52. The van der Waals surface area contributed by atoms with Crippen molar-refractivity contribution in [2.24, 2.45) is 0 Å². The molecule has 0 spiro atoms. The molecular formula is C33H36Cl4N4O3Ti. The molecule has 5 aromatic heterocycles. The van der Waals surface area contributed by atoms with Gasteiger partial charge in [0.25, 0.3) is 0 Å². The average molecular weight is 726 g/mol. The summed E-state index contributed by atoms with van der Waals surface area (Å²) in [7, 11) is 20.1. The number of hydrogen-bond donors (Lipinski definition) is 1. The third-order valence-corrected chi connectivity index (χ3v) is 6.98. The van der Waals surface area contributed by atoms with Crippen LogP contribution in [0.4, 0.5) is 0 Å². The maximum Gasteiger partial charge on any atom is 0.147 e. The predicted octanol–water partition coefficient (Wildman–Crippen LogP) is 10.1. The van der Waals surface area contributed by atoms with E-state index in [1.165, 1.54) is 30.9 Å². The Kier molecular flexibility index (Phi) is 15.3. The van der Waals surface area contributed by atoms with Crippen molar-refractivity contribution in [3.8, 4) is 22.5 Å². The van der Waals surface area contributed by atoms with E-state index >= 15 is 0 Å². The van der Waals surface area contributed by atoms with Crippen LogP contribution in [0, 0.1) is 0 Å². The van der Waals surface area contributed by atoms with Crippen molar-refractivity contribution in [2.45, 2.75) is 65.2 Å². The van der Waals surface area contributed by atoms with Gasteiger partial charge in [0.05, 0.1) is 22.5 Å². The number of hydrogen-bond acceptors (Lipinski definition) is 6. The number of ketones is 1. The van der Waals surface area contributed by atoms with Crippen LogP contribution in [-0.2, 0) is 30.0 Å². The van der Waals surface area contributed by atoms with Crippen molar-refractivity contribution in [2.75, 3.05) is 0 Å². The normalized spacial score (nSPS) is 13.8. The van der Waals surface area contributed by atoms with Crippen molar-refractivity contribution in [1.29, 1.82) is 0 Å². The smallest absolute Gasteiger partial charge is 0.147 e. The molecular weight excluding hydrogens is 690 g/mol. The second kappa shape index (κ2) is 18.6. The Morgan fingerprint density at radius 2 is 1.33 bits per heavy atom. The Bertz CT molecular complexity index is 1680. The first-order chi connectivity index (χ1) is 21.2. The van der Waals surface area contributed by atoms with Gasteiger partial charge in [-0.2, -0.15) is 0 Å². The van der Waals surface area contributed by atoms with Gasteiger partial charge >= 0.3 is 49.6 Å². The zero-order valence-electron chi connectivity index (χ0n) is 23.9. The number of furan rings is 1. The average Bonchev–Trinajstić information content (AvgIpc) is 3.41. The van der Waals surface area contributed by atoms with Gasteiger partial charge < -0.3 is 9.40 Å². The Balaban J connectivity index is 0.000000184. The number of H-pyrrole nitrogens is 1. The first-order valence-electron chi connectivity index (χ1n) is 14.4. The van der Waals surface area contributed by atoms with E-state index in [1.807, 2.05) is 48.8 Å². The summed E-state index contributed by atoms with van der Waals surface area (Å²) >= 11 is -3.11. The van der Waals surface area contributed by atoms with Crippen LogP contribution < -0.4 is 5.43 Å². The van der Waals surface area contributed by atoms with E-state index in [2.05, 4.69) is 19.9 Å². The zero-order chi connectivity index (χ0) is 31.4. The number of aryl methyl sites for hydroxylation is 2. The minimum atomic E-state index is -3.11. The molecule has 2 aliphatic rings. The van der Waals surface area contributed by atoms with E-state index < -0.39 is 12.3 Å². The quantitative estimate of drug-likeness (QED) is 0.182. The molecule has 0 aromatic carbocycles. The second-order valence-corrected chi connectivity index (χ2v) is 25.6. The number of aromatic amines is 1. The summed E-state index contributed by atoms with van der Waals surface area (Å²) in [4.78, 5) is 37.5. The van der Waals surface area contributed by atoms with Crippen LogP contribution in [-0.4, -0.2) is 25.7 Å². The molecule has 7 rings (SSSR count). The van der Waals surface area contributed by atoms with Crippen molar-refractivity contribution in [3.63, 3.8) is 0 Å². The van der Waals surface area contributed by atoms with Gasteiger partial charge in [-0.15, -0.1) is 0 Å². The standard InChI is InChI=1S/C16H14N2O.C10H8N2O.C6H10O.CH4.4ClH.Ti/c1-2-7-15-11(5-1)12-9-17-10-13(16(12)19-15)14-6-3-4-8-18-14;13-10-4-6-11-7-8(10)9-3-1-2-5-12-9;7-6-4-2-1-3-5-6;;;;;;/h3-4,6,8-10H,1-2,5,7H2;1-7H,(H,11,13);1-5H2;1H4;4*1H;/q;;;;;;;;+4/p-4. The van der Waals surface area contributed by atoms with Crippen LogP contribution in [0.1, 0.15) is 63.7 Å². The van der Waals surface area contributed by atoms with Crippen molar-refractivity contribution in [3.05, 3.63) is 101 Å². The van der Waals surface area contributed by atoms with E-state index in [9.17, 15) is 9.59 Å². The molecule has 0 unspecified atom stereocenters. The van der Waals surface area contributed by atoms with Gasteiger partial charge in [-0.25, -0.2) is 0 Å². The molecule has 238 valence electrons. The maximum atomic E-state index is 11.4. The summed E-state index contributed by atoms with van der Waals surface area (Å²) in [5.74, 6) is 1.61. The summed E-state index contributed by atoms with van der Waals surface area (Å²) in [6.45, 7) is 0. The summed E-state index contributed by atoms with van der Waals surface area (Å²) in [6, 6.07) is 12.9. The molecule has 0 saturated heterocycles. The van der Waals surface area contributed by atoms with Crippen LogP contribution in [0.25, 0.3) is 33.5 Å². The van der Waals surface area contributed by atoms with E-state index in [4.69, 9.17) is 41.6 Å². The maximum absolute atomic E-state index is 11.4. The van der Waals surface area contributed by atoms with Gasteiger partial charge in [0.1, 0.15) is 17.1 Å². The third-order valence-electron chi connectivity index (χ3n) is 6.98. The molecule has 2 aliphatic carbocycles. The number of Topliss-reactive ketones (excluding diaryl/α,β-unsaturated/α-hetero) is 1. The van der Waals surface area contributed by atoms with Crippen LogP contribution in [0.2, 0.25) is 0 Å². The first-order valence-corrected chi connectivity index (χ1v) is 23.0. The summed E-state index contributed by atoms with van der Waals surface area (Å²) in [5, 5.41) is 1.16. The molecule has 0 bridgehead atoms. The number of nitrogens with zero attached hydrogens (tertiary/aromatic N) is 3. The van der Waals surface area contributed by atoms with E-state index in [0.29, 0.717) is 17.0 Å². The van der Waals surface area contributed by atoms with E-state index in [0.717, 1.165) is 66.5 Å². The second-order valence-electron chi connectivity index (χ2n) is 10.2. The molecule has 1 N–H and O–H groups in total. The van der Waals surface area contributed by atoms with E-state index in [-0.39, 0.29) is 12.9 Å². The van der Waals surface area contributed by atoms with Crippen molar-refractivity contribution in [1.82, 2.24) is 19.9 Å². The molecule has 0 atom stereocenters. The van der Waals surface area contributed by atoms with Gasteiger partial charge in [0.15, 0.2) is 5.43 Å². The molecule has 7 nitrogen and oxygen atoms in total. The first kappa shape index (κ1) is 36.9. The Morgan fingerprint density at radius 3 is 1.89 bits per heavy atom. The van der Waals surface area contributed by atoms with Crippen molar-refractivity contribution >= 4 is 54.0 Å². The SMILES string of the molecule is C.O=C1CCCCC1.O=c1cc[nH]cc1-c1ccccn1.[Cl][Ti]([Cl])([Cl])[Cl].c1ccc(-c2cncc3c4c(oc23)CCCC4)nc1. The number of carbonyl (C=O) groups is 1.